The summed E-state index contributed by atoms with van der Waals surface area (Å²) in [5, 5.41) is 1.18. The lowest BCUT2D eigenvalue weighted by atomic mass is 10.2. The van der Waals surface area contributed by atoms with E-state index >= 15 is 0 Å². The van der Waals surface area contributed by atoms with Crippen molar-refractivity contribution in [3.63, 3.8) is 0 Å². The van der Waals surface area contributed by atoms with Crippen molar-refractivity contribution < 1.29 is 22.5 Å². The van der Waals surface area contributed by atoms with Crippen molar-refractivity contribution >= 4 is 21.0 Å². The van der Waals surface area contributed by atoms with Crippen molar-refractivity contribution in [1.82, 2.24) is 0 Å². The lowest BCUT2D eigenvalue weighted by Gasteiger charge is -2.05. The highest BCUT2D eigenvalue weighted by molar-refractivity contribution is 7.85. The summed E-state index contributed by atoms with van der Waals surface area (Å²) in [6.07, 6.45) is 1.89. The van der Waals surface area contributed by atoms with Gasteiger partial charge in [-0.3, -0.25) is 4.84 Å². The number of rotatable bonds is 2. The Kier molecular flexibility index (Phi) is 5.31. The minimum atomic E-state index is -4.27. The third-order valence-electron chi connectivity index (χ3n) is 3.18. The van der Waals surface area contributed by atoms with Gasteiger partial charge in [0.1, 0.15) is 17.2 Å². The molecule has 0 saturated heterocycles. The number of benzene rings is 2. The molecule has 0 saturated carbocycles. The molecule has 23 heavy (non-hydrogen) atoms. The molecule has 0 aliphatic carbocycles. The first-order valence-electron chi connectivity index (χ1n) is 6.88. The molecule has 3 rings (SSSR count). The average molecular weight is 331 g/mol. The van der Waals surface area contributed by atoms with E-state index in [4.69, 9.17) is 4.84 Å². The molecule has 0 amide bonds. The highest BCUT2D eigenvalue weighted by atomic mass is 32.2. The van der Waals surface area contributed by atoms with Gasteiger partial charge in [-0.2, -0.15) is 0 Å². The van der Waals surface area contributed by atoms with Crippen molar-refractivity contribution in [2.45, 2.75) is 11.8 Å². The van der Waals surface area contributed by atoms with E-state index in [0.29, 0.717) is 0 Å². The Morgan fingerprint density at radius 1 is 0.957 bits per heavy atom. The standard InChI is InChI=1S/C10H10NO.C7H8O3S/c1-12-11-8-4-6-9-5-2-3-7-10(9)11;1-6-2-4-7(5-3-6)11(8,9)10/h2-8H,1H3;2-5H,1H3,(H,8,9,10)/q+1;/p-1. The Morgan fingerprint density at radius 2 is 1.57 bits per heavy atom. The van der Waals surface area contributed by atoms with Crippen molar-refractivity contribution in [2.24, 2.45) is 0 Å². The molecule has 1 aromatic heterocycles. The first-order chi connectivity index (χ1) is 10.9. The van der Waals surface area contributed by atoms with Crippen LogP contribution in [0.25, 0.3) is 10.9 Å². The van der Waals surface area contributed by atoms with Crippen LogP contribution in [0.2, 0.25) is 0 Å². The van der Waals surface area contributed by atoms with Crippen molar-refractivity contribution in [3.05, 3.63) is 72.4 Å². The summed E-state index contributed by atoms with van der Waals surface area (Å²) in [6, 6.07) is 17.9. The van der Waals surface area contributed by atoms with E-state index in [1.807, 2.05) is 37.4 Å². The maximum Gasteiger partial charge on any atom is 0.264 e. The van der Waals surface area contributed by atoms with Gasteiger partial charge in [0.05, 0.1) is 10.3 Å². The highest BCUT2D eigenvalue weighted by Gasteiger charge is 2.05. The van der Waals surface area contributed by atoms with Crippen LogP contribution in [0.1, 0.15) is 5.56 Å². The third kappa shape index (κ3) is 4.51. The summed E-state index contributed by atoms with van der Waals surface area (Å²) in [4.78, 5) is 4.97. The van der Waals surface area contributed by atoms with E-state index in [1.54, 1.807) is 24.0 Å². The smallest absolute Gasteiger partial charge is 0.264 e. The van der Waals surface area contributed by atoms with Crippen LogP contribution in [0.3, 0.4) is 0 Å². The molecular weight excluding hydrogens is 314 g/mol. The number of para-hydroxylation sites is 1. The van der Waals surface area contributed by atoms with Crippen LogP contribution in [-0.4, -0.2) is 20.1 Å². The van der Waals surface area contributed by atoms with Crippen molar-refractivity contribution in [3.8, 4) is 0 Å². The van der Waals surface area contributed by atoms with Gasteiger partial charge in [-0.15, -0.1) is 0 Å². The average Bonchev–Trinajstić information content (AvgIpc) is 2.54. The molecule has 0 unspecified atom stereocenters. The van der Waals surface area contributed by atoms with Gasteiger partial charge >= 0.3 is 0 Å². The second kappa shape index (κ2) is 7.21. The topological polar surface area (TPSA) is 70.3 Å². The maximum absolute atomic E-state index is 10.4. The fraction of sp³-hybridized carbons (Fsp3) is 0.118. The maximum atomic E-state index is 10.4. The van der Waals surface area contributed by atoms with Gasteiger partial charge in [-0.1, -0.05) is 29.8 Å². The Morgan fingerprint density at radius 3 is 2.17 bits per heavy atom. The van der Waals surface area contributed by atoms with Gasteiger partial charge in [0.15, 0.2) is 0 Å². The highest BCUT2D eigenvalue weighted by Crippen LogP contribution is 2.08. The lowest BCUT2D eigenvalue weighted by molar-refractivity contribution is -0.865. The zero-order valence-corrected chi connectivity index (χ0v) is 13.7. The predicted octanol–water partition coefficient (Wildman–Crippen LogP) is 2.08. The number of fused-ring (bicyclic) bond motifs is 1. The first-order valence-corrected chi connectivity index (χ1v) is 8.29. The zero-order chi connectivity index (χ0) is 16.9. The first kappa shape index (κ1) is 16.9. The zero-order valence-electron chi connectivity index (χ0n) is 12.8. The SMILES string of the molecule is CO[n+]1cccc2ccccc21.Cc1ccc(S(=O)(=O)[O-])cc1. The van der Waals surface area contributed by atoms with Crippen LogP contribution in [0.4, 0.5) is 0 Å². The van der Waals surface area contributed by atoms with Crippen molar-refractivity contribution in [2.75, 3.05) is 7.11 Å². The molecule has 6 heteroatoms. The molecule has 2 aromatic carbocycles. The molecule has 0 radical (unpaired) electrons. The normalized spacial score (nSPS) is 10.7. The van der Waals surface area contributed by atoms with E-state index < -0.39 is 10.1 Å². The van der Waals surface area contributed by atoms with Crippen LogP contribution in [0, 0.1) is 6.92 Å². The van der Waals surface area contributed by atoms with E-state index in [2.05, 4.69) is 12.1 Å². The summed E-state index contributed by atoms with van der Waals surface area (Å²) in [5.41, 5.74) is 2.01. The van der Waals surface area contributed by atoms with E-state index in [0.717, 1.165) is 11.1 Å². The predicted molar refractivity (Wildman–Crippen MR) is 85.8 cm³/mol. The molecule has 120 valence electrons. The summed E-state index contributed by atoms with van der Waals surface area (Å²) in [5.74, 6) is 0. The van der Waals surface area contributed by atoms with E-state index in [9.17, 15) is 13.0 Å². The minimum absolute atomic E-state index is 0.178. The Labute approximate surface area is 135 Å². The van der Waals surface area contributed by atoms with Crippen LogP contribution in [0.15, 0.2) is 71.8 Å². The number of pyridine rings is 1. The number of aryl methyl sites for hydroxylation is 1. The third-order valence-corrected chi connectivity index (χ3v) is 4.03. The van der Waals surface area contributed by atoms with Gasteiger partial charge in [0, 0.05) is 16.9 Å². The summed E-state index contributed by atoms with van der Waals surface area (Å²) < 4.78 is 32.9. The molecular formula is C17H17NO4S. The Balaban J connectivity index is 0.000000168. The number of hydrogen-bond acceptors (Lipinski definition) is 4. The molecule has 5 nitrogen and oxygen atoms in total. The van der Waals surface area contributed by atoms with E-state index in [-0.39, 0.29) is 4.90 Å². The second-order valence-electron chi connectivity index (χ2n) is 4.84. The van der Waals surface area contributed by atoms with E-state index in [1.165, 1.54) is 17.5 Å². The molecule has 0 aliphatic heterocycles. The minimum Gasteiger partial charge on any atom is -0.744 e. The quantitative estimate of drug-likeness (QED) is 0.532. The fourth-order valence-corrected chi connectivity index (χ4v) is 2.47. The molecule has 0 aliphatic rings. The molecule has 0 atom stereocenters. The number of hydrogen-bond donors (Lipinski definition) is 0. The molecule has 0 N–H and O–H groups in total. The van der Waals surface area contributed by atoms with Crippen LogP contribution >= 0.6 is 0 Å². The number of nitrogens with zero attached hydrogens (tertiary/aromatic N) is 1. The van der Waals surface area contributed by atoms with Crippen LogP contribution < -0.4 is 9.57 Å². The van der Waals surface area contributed by atoms with Crippen LogP contribution in [0.5, 0.6) is 0 Å². The molecule has 3 aromatic rings. The largest absolute Gasteiger partial charge is 0.744 e. The fourth-order valence-electron chi connectivity index (χ4n) is 2.00. The summed E-state index contributed by atoms with van der Waals surface area (Å²) in [7, 11) is -2.61. The second-order valence-corrected chi connectivity index (χ2v) is 6.22. The van der Waals surface area contributed by atoms with Gasteiger partial charge in [-0.05, 0) is 31.2 Å². The van der Waals surface area contributed by atoms with Gasteiger partial charge in [0.25, 0.3) is 5.52 Å². The Hall–Kier alpha value is -2.44. The summed E-state index contributed by atoms with van der Waals surface area (Å²) >= 11 is 0. The summed E-state index contributed by atoms with van der Waals surface area (Å²) in [6.45, 7) is 1.82. The van der Waals surface area contributed by atoms with Crippen molar-refractivity contribution in [1.29, 1.82) is 0 Å². The van der Waals surface area contributed by atoms with Gasteiger partial charge < -0.3 is 4.55 Å². The molecule has 0 bridgehead atoms. The van der Waals surface area contributed by atoms with Crippen LogP contribution in [-0.2, 0) is 10.1 Å². The monoisotopic (exact) mass is 331 g/mol. The Bertz CT molecular complexity index is 885. The lowest BCUT2D eigenvalue weighted by Crippen LogP contribution is -2.40. The molecule has 0 fully saturated rings. The van der Waals surface area contributed by atoms with Gasteiger partial charge in [-0.25, -0.2) is 8.42 Å². The molecule has 0 spiro atoms. The molecule has 1 heterocycles. The number of aromatic nitrogens is 1. The van der Waals surface area contributed by atoms with Gasteiger partial charge in [0.2, 0.25) is 6.20 Å².